The number of rotatable bonds is 6. The highest BCUT2D eigenvalue weighted by molar-refractivity contribution is 6.33. The third-order valence-corrected chi connectivity index (χ3v) is 5.59. The summed E-state index contributed by atoms with van der Waals surface area (Å²) in [6.07, 6.45) is 1.57. The molecule has 30 heavy (non-hydrogen) atoms. The minimum atomic E-state index is -0.00952. The van der Waals surface area contributed by atoms with Gasteiger partial charge in [0, 0.05) is 17.2 Å². The number of anilines is 1. The van der Waals surface area contributed by atoms with Crippen LogP contribution in [0.15, 0.2) is 53.1 Å². The fourth-order valence-corrected chi connectivity index (χ4v) is 3.75. The monoisotopic (exact) mass is 426 g/mol. The number of benzene rings is 2. The molecule has 0 unspecified atom stereocenters. The van der Waals surface area contributed by atoms with E-state index in [2.05, 4.69) is 20.4 Å². The van der Waals surface area contributed by atoms with E-state index in [4.69, 9.17) is 20.9 Å². The summed E-state index contributed by atoms with van der Waals surface area (Å²) >= 11 is 6.20. The van der Waals surface area contributed by atoms with Crippen LogP contribution in [-0.2, 0) is 11.3 Å². The molecule has 0 aliphatic carbocycles. The summed E-state index contributed by atoms with van der Waals surface area (Å²) < 4.78 is 10.5. The molecule has 1 aliphatic heterocycles. The summed E-state index contributed by atoms with van der Waals surface area (Å²) in [5.74, 6) is 1.85. The molecule has 2 heterocycles. The summed E-state index contributed by atoms with van der Waals surface area (Å²) in [5, 5.41) is 7.62. The number of amides is 1. The van der Waals surface area contributed by atoms with E-state index in [1.54, 1.807) is 13.2 Å². The van der Waals surface area contributed by atoms with Crippen molar-refractivity contribution in [2.45, 2.75) is 19.4 Å². The van der Waals surface area contributed by atoms with E-state index in [9.17, 15) is 4.79 Å². The molecule has 0 atom stereocenters. The highest BCUT2D eigenvalue weighted by Gasteiger charge is 2.26. The first-order valence-corrected chi connectivity index (χ1v) is 10.2. The van der Waals surface area contributed by atoms with Gasteiger partial charge in [-0.1, -0.05) is 28.9 Å². The summed E-state index contributed by atoms with van der Waals surface area (Å²) in [4.78, 5) is 19.3. The second-order valence-electron chi connectivity index (χ2n) is 7.26. The number of carbonyl (C=O) groups is 1. The fourth-order valence-electron chi connectivity index (χ4n) is 3.53. The smallest absolute Gasteiger partial charge is 0.241 e. The van der Waals surface area contributed by atoms with Gasteiger partial charge in [0.05, 0.1) is 18.7 Å². The molecule has 1 fully saturated rings. The van der Waals surface area contributed by atoms with Crippen LogP contribution in [0.2, 0.25) is 5.02 Å². The van der Waals surface area contributed by atoms with Crippen molar-refractivity contribution in [1.82, 2.24) is 15.0 Å². The Morgan fingerprint density at radius 1 is 1.20 bits per heavy atom. The average Bonchev–Trinajstić information content (AvgIpc) is 3.23. The molecule has 3 aromatic rings. The van der Waals surface area contributed by atoms with Gasteiger partial charge in [-0.3, -0.25) is 9.69 Å². The molecule has 8 heteroatoms. The van der Waals surface area contributed by atoms with E-state index in [1.165, 1.54) is 0 Å². The molecule has 2 aromatic carbocycles. The molecule has 1 aliphatic rings. The predicted octanol–water partition coefficient (Wildman–Crippen LogP) is 4.25. The van der Waals surface area contributed by atoms with Crippen molar-refractivity contribution in [3.63, 3.8) is 0 Å². The van der Waals surface area contributed by atoms with Crippen LogP contribution in [0, 0.1) is 5.92 Å². The number of aromatic nitrogens is 2. The highest BCUT2D eigenvalue weighted by atomic mass is 35.5. The predicted molar refractivity (Wildman–Crippen MR) is 114 cm³/mol. The van der Waals surface area contributed by atoms with Crippen molar-refractivity contribution in [3.05, 3.63) is 59.4 Å². The summed E-state index contributed by atoms with van der Waals surface area (Å²) in [5.41, 5.74) is 1.53. The Bertz CT molecular complexity index is 998. The van der Waals surface area contributed by atoms with E-state index in [0.717, 1.165) is 42.9 Å². The number of hydrogen-bond donors (Lipinski definition) is 1. The van der Waals surface area contributed by atoms with Gasteiger partial charge in [0.2, 0.25) is 17.6 Å². The second-order valence-corrected chi connectivity index (χ2v) is 7.67. The Balaban J connectivity index is 1.28. The van der Waals surface area contributed by atoms with E-state index >= 15 is 0 Å². The first-order valence-electron chi connectivity index (χ1n) is 9.87. The van der Waals surface area contributed by atoms with Gasteiger partial charge in [0.1, 0.15) is 5.75 Å². The lowest BCUT2D eigenvalue weighted by Gasteiger charge is -2.30. The Labute approximate surface area is 180 Å². The lowest BCUT2D eigenvalue weighted by molar-refractivity contribution is -0.121. The quantitative estimate of drug-likeness (QED) is 0.634. The van der Waals surface area contributed by atoms with E-state index in [1.807, 2.05) is 42.5 Å². The Hall–Kier alpha value is -2.90. The molecule has 0 radical (unpaired) electrons. The summed E-state index contributed by atoms with van der Waals surface area (Å²) in [7, 11) is 1.62. The summed E-state index contributed by atoms with van der Waals surface area (Å²) in [6.45, 7) is 2.15. The first-order chi connectivity index (χ1) is 14.6. The molecular formula is C22H23ClN4O3. The zero-order valence-corrected chi connectivity index (χ0v) is 17.4. The molecule has 7 nitrogen and oxygen atoms in total. The van der Waals surface area contributed by atoms with Crippen molar-refractivity contribution in [1.29, 1.82) is 0 Å². The number of likely N-dealkylation sites (tertiary alicyclic amines) is 1. The Kier molecular flexibility index (Phi) is 6.30. The number of carbonyl (C=O) groups excluding carboxylic acids is 1. The SMILES string of the molecule is COc1ccc(NC(=O)C2CCN(Cc3nc(-c4ccccc4Cl)no3)CC2)cc1. The van der Waals surface area contributed by atoms with Crippen LogP contribution in [0.1, 0.15) is 18.7 Å². The highest BCUT2D eigenvalue weighted by Crippen LogP contribution is 2.26. The topological polar surface area (TPSA) is 80.5 Å². The van der Waals surface area contributed by atoms with Gasteiger partial charge in [-0.05, 0) is 62.3 Å². The van der Waals surface area contributed by atoms with Gasteiger partial charge < -0.3 is 14.6 Å². The third-order valence-electron chi connectivity index (χ3n) is 5.26. The van der Waals surface area contributed by atoms with Gasteiger partial charge in [-0.2, -0.15) is 4.98 Å². The Morgan fingerprint density at radius 2 is 1.93 bits per heavy atom. The van der Waals surface area contributed by atoms with E-state index in [-0.39, 0.29) is 11.8 Å². The minimum Gasteiger partial charge on any atom is -0.497 e. The van der Waals surface area contributed by atoms with Crippen LogP contribution in [0.25, 0.3) is 11.4 Å². The van der Waals surface area contributed by atoms with Crippen molar-refractivity contribution in [2.24, 2.45) is 5.92 Å². The zero-order chi connectivity index (χ0) is 20.9. The van der Waals surface area contributed by atoms with Crippen LogP contribution in [-0.4, -0.2) is 41.1 Å². The lowest BCUT2D eigenvalue weighted by atomic mass is 9.96. The number of nitrogens with one attached hydrogen (secondary N) is 1. The minimum absolute atomic E-state index is 0.00952. The van der Waals surface area contributed by atoms with Gasteiger partial charge in [-0.15, -0.1) is 0 Å². The van der Waals surface area contributed by atoms with Gasteiger partial charge in [0.15, 0.2) is 0 Å². The van der Waals surface area contributed by atoms with E-state index in [0.29, 0.717) is 23.3 Å². The molecule has 156 valence electrons. The van der Waals surface area contributed by atoms with Crippen LogP contribution in [0.4, 0.5) is 5.69 Å². The fraction of sp³-hybridized carbons (Fsp3) is 0.318. The molecule has 1 N–H and O–H groups in total. The maximum Gasteiger partial charge on any atom is 0.241 e. The molecule has 1 saturated heterocycles. The molecule has 1 amide bonds. The van der Waals surface area contributed by atoms with Crippen LogP contribution < -0.4 is 10.1 Å². The number of halogens is 1. The normalized spacial score (nSPS) is 15.1. The molecule has 0 bridgehead atoms. The Morgan fingerprint density at radius 3 is 2.63 bits per heavy atom. The van der Waals surface area contributed by atoms with Crippen molar-refractivity contribution in [3.8, 4) is 17.1 Å². The van der Waals surface area contributed by atoms with Crippen LogP contribution >= 0.6 is 11.6 Å². The lowest BCUT2D eigenvalue weighted by Crippen LogP contribution is -2.37. The summed E-state index contributed by atoms with van der Waals surface area (Å²) in [6, 6.07) is 14.8. The van der Waals surface area contributed by atoms with Crippen LogP contribution in [0.5, 0.6) is 5.75 Å². The van der Waals surface area contributed by atoms with Crippen molar-refractivity contribution < 1.29 is 14.1 Å². The largest absolute Gasteiger partial charge is 0.497 e. The van der Waals surface area contributed by atoms with Crippen molar-refractivity contribution in [2.75, 3.05) is 25.5 Å². The molecule has 0 saturated carbocycles. The van der Waals surface area contributed by atoms with Gasteiger partial charge >= 0.3 is 0 Å². The van der Waals surface area contributed by atoms with Crippen LogP contribution in [0.3, 0.4) is 0 Å². The standard InChI is InChI=1S/C22H23ClN4O3/c1-29-17-8-6-16(7-9-17)24-22(28)15-10-12-27(13-11-15)14-20-25-21(26-30-20)18-4-2-3-5-19(18)23/h2-9,15H,10-14H2,1H3,(H,24,28). The number of ether oxygens (including phenoxy) is 1. The maximum absolute atomic E-state index is 12.6. The maximum atomic E-state index is 12.6. The molecule has 4 rings (SSSR count). The molecule has 1 aromatic heterocycles. The zero-order valence-electron chi connectivity index (χ0n) is 16.7. The van der Waals surface area contributed by atoms with E-state index < -0.39 is 0 Å². The molecular weight excluding hydrogens is 404 g/mol. The number of methoxy groups -OCH3 is 1. The number of hydrogen-bond acceptors (Lipinski definition) is 6. The number of piperidine rings is 1. The third kappa shape index (κ3) is 4.80. The average molecular weight is 427 g/mol. The number of nitrogens with zero attached hydrogens (tertiary/aromatic N) is 3. The first kappa shape index (κ1) is 20.4. The molecule has 0 spiro atoms. The van der Waals surface area contributed by atoms with Gasteiger partial charge in [-0.25, -0.2) is 0 Å². The van der Waals surface area contributed by atoms with Crippen molar-refractivity contribution >= 4 is 23.2 Å². The second kappa shape index (κ2) is 9.28. The van der Waals surface area contributed by atoms with Gasteiger partial charge in [0.25, 0.3) is 0 Å².